The van der Waals surface area contributed by atoms with Gasteiger partial charge in [0.1, 0.15) is 6.10 Å². The molecule has 0 amide bonds. The summed E-state index contributed by atoms with van der Waals surface area (Å²) in [5.74, 6) is -3.09. The highest BCUT2D eigenvalue weighted by molar-refractivity contribution is 5.66. The lowest BCUT2D eigenvalue weighted by atomic mass is 9.98. The van der Waals surface area contributed by atoms with Crippen molar-refractivity contribution in [2.75, 3.05) is 0 Å². The second-order valence-electron chi connectivity index (χ2n) is 6.00. The zero-order chi connectivity index (χ0) is 15.0. The van der Waals surface area contributed by atoms with Crippen LogP contribution in [0.5, 0.6) is 0 Å². The second kappa shape index (κ2) is 5.37. The molecule has 0 saturated carbocycles. The SMILES string of the molecule is CC(=O)O[C@@H]1C[C@H]2CC(F)(F)[C@@H](C1)N2Cc1ccccc1. The van der Waals surface area contributed by atoms with E-state index in [1.807, 2.05) is 35.2 Å². The first kappa shape index (κ1) is 14.4. The van der Waals surface area contributed by atoms with E-state index in [1.165, 1.54) is 6.92 Å². The lowest BCUT2D eigenvalue weighted by molar-refractivity contribution is -0.152. The van der Waals surface area contributed by atoms with Crippen molar-refractivity contribution in [3.63, 3.8) is 0 Å². The van der Waals surface area contributed by atoms with Gasteiger partial charge in [-0.3, -0.25) is 9.69 Å². The number of hydrogen-bond donors (Lipinski definition) is 0. The first-order valence-electron chi connectivity index (χ1n) is 7.30. The van der Waals surface area contributed by atoms with Crippen LogP contribution in [-0.2, 0) is 16.1 Å². The molecule has 114 valence electrons. The predicted octanol–water partition coefficient (Wildman–Crippen LogP) is 2.99. The summed E-state index contributed by atoms with van der Waals surface area (Å²) in [6.07, 6.45) is 0.203. The Bertz CT molecular complexity index is 520. The highest BCUT2D eigenvalue weighted by atomic mass is 19.3. The Kier molecular flexibility index (Phi) is 3.69. The van der Waals surface area contributed by atoms with E-state index in [1.54, 1.807) is 0 Å². The number of benzene rings is 1. The molecule has 2 aliphatic heterocycles. The van der Waals surface area contributed by atoms with Crippen molar-refractivity contribution in [2.45, 2.75) is 56.8 Å². The van der Waals surface area contributed by atoms with Crippen molar-refractivity contribution in [1.29, 1.82) is 0 Å². The molecular weight excluding hydrogens is 276 g/mol. The van der Waals surface area contributed by atoms with E-state index in [0.717, 1.165) is 5.56 Å². The normalized spacial score (nSPS) is 31.1. The number of nitrogens with zero attached hydrogens (tertiary/aromatic N) is 1. The van der Waals surface area contributed by atoms with E-state index in [0.29, 0.717) is 13.0 Å². The van der Waals surface area contributed by atoms with Gasteiger partial charge in [-0.15, -0.1) is 0 Å². The Labute approximate surface area is 122 Å². The summed E-state index contributed by atoms with van der Waals surface area (Å²) < 4.78 is 33.5. The molecular formula is C16H19F2NO2. The number of carbonyl (C=O) groups is 1. The van der Waals surface area contributed by atoms with Crippen LogP contribution < -0.4 is 0 Å². The van der Waals surface area contributed by atoms with Gasteiger partial charge in [-0.1, -0.05) is 30.3 Å². The van der Waals surface area contributed by atoms with Crippen LogP contribution in [0.3, 0.4) is 0 Å². The molecule has 5 heteroatoms. The molecule has 2 aliphatic rings. The maximum Gasteiger partial charge on any atom is 0.302 e. The van der Waals surface area contributed by atoms with Crippen LogP contribution in [0.15, 0.2) is 30.3 Å². The van der Waals surface area contributed by atoms with Gasteiger partial charge in [-0.25, -0.2) is 8.78 Å². The number of fused-ring (bicyclic) bond motifs is 2. The van der Waals surface area contributed by atoms with Crippen molar-refractivity contribution in [3.05, 3.63) is 35.9 Å². The Hall–Kier alpha value is -1.49. The van der Waals surface area contributed by atoms with Crippen LogP contribution in [0.1, 0.15) is 31.7 Å². The minimum absolute atomic E-state index is 0.137. The van der Waals surface area contributed by atoms with Gasteiger partial charge in [0.05, 0.1) is 6.04 Å². The van der Waals surface area contributed by atoms with E-state index >= 15 is 0 Å². The summed E-state index contributed by atoms with van der Waals surface area (Å²) in [7, 11) is 0. The molecule has 0 unspecified atom stereocenters. The minimum Gasteiger partial charge on any atom is -0.462 e. The van der Waals surface area contributed by atoms with E-state index < -0.39 is 12.0 Å². The topological polar surface area (TPSA) is 29.5 Å². The molecule has 21 heavy (non-hydrogen) atoms. The predicted molar refractivity (Wildman–Crippen MR) is 73.9 cm³/mol. The van der Waals surface area contributed by atoms with E-state index in [9.17, 15) is 13.6 Å². The summed E-state index contributed by atoms with van der Waals surface area (Å²) in [4.78, 5) is 12.9. The highest BCUT2D eigenvalue weighted by Gasteiger charge is 2.57. The molecule has 0 aliphatic carbocycles. The van der Waals surface area contributed by atoms with Crippen molar-refractivity contribution in [3.8, 4) is 0 Å². The van der Waals surface area contributed by atoms with Gasteiger partial charge in [-0.05, 0) is 5.56 Å². The van der Waals surface area contributed by atoms with Gasteiger partial charge in [0.15, 0.2) is 0 Å². The maximum absolute atomic E-state index is 14.2. The van der Waals surface area contributed by atoms with Crippen LogP contribution in [0, 0.1) is 0 Å². The summed E-state index contributed by atoms with van der Waals surface area (Å²) >= 11 is 0. The zero-order valence-corrected chi connectivity index (χ0v) is 12.0. The monoisotopic (exact) mass is 295 g/mol. The Balaban J connectivity index is 1.76. The largest absolute Gasteiger partial charge is 0.462 e. The Morgan fingerprint density at radius 2 is 2.05 bits per heavy atom. The molecule has 3 atom stereocenters. The van der Waals surface area contributed by atoms with Crippen LogP contribution in [0.2, 0.25) is 0 Å². The lowest BCUT2D eigenvalue weighted by Crippen LogP contribution is -2.48. The van der Waals surface area contributed by atoms with E-state index in [2.05, 4.69) is 0 Å². The van der Waals surface area contributed by atoms with Crippen molar-refractivity contribution >= 4 is 5.97 Å². The zero-order valence-electron chi connectivity index (χ0n) is 12.0. The molecule has 0 aromatic heterocycles. The number of halogens is 2. The maximum atomic E-state index is 14.2. The minimum atomic E-state index is -2.70. The second-order valence-corrected chi connectivity index (χ2v) is 6.00. The molecule has 0 spiro atoms. The van der Waals surface area contributed by atoms with Gasteiger partial charge in [0.25, 0.3) is 5.92 Å². The molecule has 1 aromatic rings. The highest BCUT2D eigenvalue weighted by Crippen LogP contribution is 2.46. The molecule has 1 aromatic carbocycles. The van der Waals surface area contributed by atoms with Crippen LogP contribution >= 0.6 is 0 Å². The van der Waals surface area contributed by atoms with E-state index in [4.69, 9.17) is 4.74 Å². The van der Waals surface area contributed by atoms with E-state index in [-0.39, 0.29) is 31.0 Å². The van der Waals surface area contributed by atoms with Gasteiger partial charge < -0.3 is 4.74 Å². The number of carbonyl (C=O) groups excluding carboxylic acids is 1. The molecule has 0 N–H and O–H groups in total. The van der Waals surface area contributed by atoms with Gasteiger partial charge in [0.2, 0.25) is 0 Å². The fraction of sp³-hybridized carbons (Fsp3) is 0.562. The molecule has 2 heterocycles. The van der Waals surface area contributed by atoms with Crippen LogP contribution in [0.4, 0.5) is 8.78 Å². The number of esters is 1. The fourth-order valence-corrected chi connectivity index (χ4v) is 3.60. The number of rotatable bonds is 3. The third-order valence-corrected chi connectivity index (χ3v) is 4.43. The van der Waals surface area contributed by atoms with Gasteiger partial charge in [-0.2, -0.15) is 0 Å². The molecule has 0 radical (unpaired) electrons. The average Bonchev–Trinajstić information content (AvgIpc) is 2.55. The molecule has 2 bridgehead atoms. The summed E-state index contributed by atoms with van der Waals surface area (Å²) in [5, 5.41) is 0. The quantitative estimate of drug-likeness (QED) is 0.803. The lowest BCUT2D eigenvalue weighted by Gasteiger charge is -2.38. The number of piperidine rings is 1. The van der Waals surface area contributed by atoms with Crippen molar-refractivity contribution in [2.24, 2.45) is 0 Å². The molecule has 3 rings (SSSR count). The third-order valence-electron chi connectivity index (χ3n) is 4.43. The molecule has 2 fully saturated rings. The first-order valence-corrected chi connectivity index (χ1v) is 7.30. The number of ether oxygens (including phenoxy) is 1. The van der Waals surface area contributed by atoms with Crippen LogP contribution in [0.25, 0.3) is 0 Å². The Morgan fingerprint density at radius 3 is 2.67 bits per heavy atom. The molecule has 2 saturated heterocycles. The smallest absolute Gasteiger partial charge is 0.302 e. The molecule has 3 nitrogen and oxygen atoms in total. The van der Waals surface area contributed by atoms with Crippen molar-refractivity contribution < 1.29 is 18.3 Å². The Morgan fingerprint density at radius 1 is 1.33 bits per heavy atom. The summed E-state index contributed by atoms with van der Waals surface area (Å²) in [6.45, 7) is 1.86. The van der Waals surface area contributed by atoms with Crippen molar-refractivity contribution in [1.82, 2.24) is 4.90 Å². The summed E-state index contributed by atoms with van der Waals surface area (Å²) in [6, 6.07) is 8.61. The number of hydrogen-bond acceptors (Lipinski definition) is 3. The van der Waals surface area contributed by atoms with Crippen LogP contribution in [-0.4, -0.2) is 35.0 Å². The fourth-order valence-electron chi connectivity index (χ4n) is 3.60. The standard InChI is InChI=1S/C16H19F2NO2/c1-11(20)21-14-7-13-9-16(17,18)15(8-14)19(13)10-12-5-3-2-4-6-12/h2-6,13-15H,7-10H2,1H3/t13-,14+,15+/m0/s1. The summed E-state index contributed by atoms with van der Waals surface area (Å²) in [5.41, 5.74) is 1.04. The van der Waals surface area contributed by atoms with Gasteiger partial charge in [0, 0.05) is 38.8 Å². The average molecular weight is 295 g/mol. The third kappa shape index (κ3) is 2.93. The van der Waals surface area contributed by atoms with Gasteiger partial charge >= 0.3 is 5.97 Å². The number of alkyl halides is 2. The first-order chi connectivity index (χ1) is 9.95.